The topological polar surface area (TPSA) is 32.3 Å². The minimum Gasteiger partial charge on any atom is -0.310 e. The average molecular weight is 344 g/mol. The van der Waals surface area contributed by atoms with Crippen LogP contribution in [0, 0.1) is 3.57 Å². The first-order chi connectivity index (χ1) is 8.09. The van der Waals surface area contributed by atoms with E-state index in [0.29, 0.717) is 6.04 Å². The molecule has 1 amide bonds. The van der Waals surface area contributed by atoms with Crippen molar-refractivity contribution in [3.63, 3.8) is 0 Å². The molecule has 0 bridgehead atoms. The lowest BCUT2D eigenvalue weighted by molar-refractivity contribution is -0.118. The Labute approximate surface area is 116 Å². The summed E-state index contributed by atoms with van der Waals surface area (Å²) < 4.78 is 1.13. The van der Waals surface area contributed by atoms with E-state index in [1.807, 2.05) is 29.2 Å². The van der Waals surface area contributed by atoms with E-state index < -0.39 is 0 Å². The molecule has 1 aromatic rings. The summed E-state index contributed by atoms with van der Waals surface area (Å²) in [5.41, 5.74) is 1.03. The zero-order valence-electron chi connectivity index (χ0n) is 10.1. The van der Waals surface area contributed by atoms with Crippen LogP contribution in [0.3, 0.4) is 0 Å². The van der Waals surface area contributed by atoms with Gasteiger partial charge in [-0.25, -0.2) is 0 Å². The molecule has 0 aromatic heterocycles. The number of nitrogens with zero attached hydrogens (tertiary/aromatic N) is 1. The Kier molecular flexibility index (Phi) is 4.04. The summed E-state index contributed by atoms with van der Waals surface area (Å²) in [5, 5.41) is 3.32. The molecule has 4 heteroatoms. The van der Waals surface area contributed by atoms with Crippen molar-refractivity contribution in [1.82, 2.24) is 5.32 Å². The van der Waals surface area contributed by atoms with Crippen LogP contribution in [0.4, 0.5) is 5.69 Å². The van der Waals surface area contributed by atoms with Gasteiger partial charge in [0.05, 0.1) is 11.7 Å². The van der Waals surface area contributed by atoms with Gasteiger partial charge in [-0.3, -0.25) is 4.79 Å². The molecule has 17 heavy (non-hydrogen) atoms. The second-order valence-corrected chi connectivity index (χ2v) is 5.77. The third-order valence-corrected chi connectivity index (χ3v) is 3.80. The van der Waals surface area contributed by atoms with Crippen molar-refractivity contribution in [2.75, 3.05) is 11.4 Å². The van der Waals surface area contributed by atoms with Gasteiger partial charge < -0.3 is 10.2 Å². The number of carbonyl (C=O) groups is 1. The molecule has 0 radical (unpaired) electrons. The van der Waals surface area contributed by atoms with Crippen LogP contribution in [0.15, 0.2) is 24.3 Å². The van der Waals surface area contributed by atoms with Gasteiger partial charge in [0.25, 0.3) is 0 Å². The first-order valence-electron chi connectivity index (χ1n) is 5.91. The van der Waals surface area contributed by atoms with Gasteiger partial charge in [0.15, 0.2) is 0 Å². The molecule has 0 spiro atoms. The zero-order chi connectivity index (χ0) is 12.4. The van der Waals surface area contributed by atoms with Crippen molar-refractivity contribution in [2.45, 2.75) is 32.4 Å². The number of anilines is 1. The maximum Gasteiger partial charge on any atom is 0.244 e. The molecule has 1 saturated heterocycles. The quantitative estimate of drug-likeness (QED) is 0.854. The van der Waals surface area contributed by atoms with Crippen molar-refractivity contribution in [3.8, 4) is 0 Å². The molecule has 1 unspecified atom stereocenters. The van der Waals surface area contributed by atoms with Gasteiger partial charge in [0.2, 0.25) is 5.91 Å². The SMILES string of the molecule is CC(C)NC1CCN(c2ccccc2I)C1=O. The second-order valence-electron chi connectivity index (χ2n) is 4.60. The van der Waals surface area contributed by atoms with Gasteiger partial charge >= 0.3 is 0 Å². The van der Waals surface area contributed by atoms with E-state index in [-0.39, 0.29) is 11.9 Å². The summed E-state index contributed by atoms with van der Waals surface area (Å²) in [5.74, 6) is 0.197. The van der Waals surface area contributed by atoms with Crippen molar-refractivity contribution in [3.05, 3.63) is 27.8 Å². The normalized spacial score (nSPS) is 20.4. The van der Waals surface area contributed by atoms with Crippen LogP contribution in [-0.4, -0.2) is 24.5 Å². The Morgan fingerprint density at radius 1 is 1.41 bits per heavy atom. The molecular formula is C13H17IN2O. The lowest BCUT2D eigenvalue weighted by atomic mass is 10.2. The van der Waals surface area contributed by atoms with Gasteiger partial charge in [-0.2, -0.15) is 0 Å². The molecule has 1 fully saturated rings. The standard InChI is InChI=1S/C13H17IN2O/c1-9(2)15-11-7-8-16(13(11)17)12-6-4-3-5-10(12)14/h3-6,9,11,15H,7-8H2,1-2H3. The summed E-state index contributed by atoms with van der Waals surface area (Å²) in [7, 11) is 0. The first kappa shape index (κ1) is 12.8. The number of nitrogens with one attached hydrogen (secondary N) is 1. The number of halogens is 1. The number of para-hydroxylation sites is 1. The fourth-order valence-corrected chi connectivity index (χ4v) is 2.83. The Bertz CT molecular complexity index is 420. The molecule has 0 saturated carbocycles. The number of benzene rings is 1. The minimum absolute atomic E-state index is 0.0222. The van der Waals surface area contributed by atoms with E-state index in [4.69, 9.17) is 0 Å². The smallest absolute Gasteiger partial charge is 0.244 e. The summed E-state index contributed by atoms with van der Waals surface area (Å²) in [4.78, 5) is 14.1. The van der Waals surface area contributed by atoms with E-state index in [1.165, 1.54) is 0 Å². The highest BCUT2D eigenvalue weighted by Gasteiger charge is 2.33. The maximum atomic E-state index is 12.3. The molecule has 1 aliphatic rings. The van der Waals surface area contributed by atoms with Crippen LogP contribution in [0.25, 0.3) is 0 Å². The molecule has 1 aliphatic heterocycles. The first-order valence-corrected chi connectivity index (χ1v) is 6.99. The van der Waals surface area contributed by atoms with Crippen LogP contribution in [0.1, 0.15) is 20.3 Å². The lowest BCUT2D eigenvalue weighted by Crippen LogP contribution is -2.41. The molecule has 92 valence electrons. The van der Waals surface area contributed by atoms with Gasteiger partial charge in [-0.05, 0) is 41.1 Å². The van der Waals surface area contributed by atoms with E-state index >= 15 is 0 Å². The van der Waals surface area contributed by atoms with E-state index in [1.54, 1.807) is 0 Å². The van der Waals surface area contributed by atoms with Gasteiger partial charge in [-0.15, -0.1) is 0 Å². The Hall–Kier alpha value is -0.620. The van der Waals surface area contributed by atoms with E-state index in [2.05, 4.69) is 41.8 Å². The van der Waals surface area contributed by atoms with E-state index in [0.717, 1.165) is 22.2 Å². The van der Waals surface area contributed by atoms with Gasteiger partial charge in [0.1, 0.15) is 0 Å². The lowest BCUT2D eigenvalue weighted by Gasteiger charge is -2.19. The minimum atomic E-state index is -0.0222. The predicted octanol–water partition coefficient (Wildman–Crippen LogP) is 2.39. The van der Waals surface area contributed by atoms with Crippen LogP contribution in [0.2, 0.25) is 0 Å². The third kappa shape index (κ3) is 2.80. The highest BCUT2D eigenvalue weighted by atomic mass is 127. The Morgan fingerprint density at radius 3 is 2.76 bits per heavy atom. The number of rotatable bonds is 3. The van der Waals surface area contributed by atoms with Crippen LogP contribution in [0.5, 0.6) is 0 Å². The highest BCUT2D eigenvalue weighted by Crippen LogP contribution is 2.26. The summed E-state index contributed by atoms with van der Waals surface area (Å²) in [6.45, 7) is 4.95. The van der Waals surface area contributed by atoms with Gasteiger partial charge in [0, 0.05) is 16.2 Å². The largest absolute Gasteiger partial charge is 0.310 e. The molecule has 1 N–H and O–H groups in total. The highest BCUT2D eigenvalue weighted by molar-refractivity contribution is 14.1. The molecule has 0 aliphatic carbocycles. The Morgan fingerprint density at radius 2 is 2.12 bits per heavy atom. The fourth-order valence-electron chi connectivity index (χ4n) is 2.15. The monoisotopic (exact) mass is 344 g/mol. The summed E-state index contributed by atoms with van der Waals surface area (Å²) >= 11 is 2.28. The van der Waals surface area contributed by atoms with Gasteiger partial charge in [-0.1, -0.05) is 26.0 Å². The number of hydrogen-bond acceptors (Lipinski definition) is 2. The Balaban J connectivity index is 2.15. The van der Waals surface area contributed by atoms with Crippen molar-refractivity contribution in [2.24, 2.45) is 0 Å². The maximum absolute atomic E-state index is 12.3. The van der Waals surface area contributed by atoms with Crippen molar-refractivity contribution < 1.29 is 4.79 Å². The summed E-state index contributed by atoms with van der Waals surface area (Å²) in [6, 6.07) is 8.35. The molecular weight excluding hydrogens is 327 g/mol. The van der Waals surface area contributed by atoms with Crippen LogP contribution < -0.4 is 10.2 Å². The predicted molar refractivity (Wildman–Crippen MR) is 78.2 cm³/mol. The molecule has 1 heterocycles. The van der Waals surface area contributed by atoms with Crippen molar-refractivity contribution >= 4 is 34.2 Å². The van der Waals surface area contributed by atoms with E-state index in [9.17, 15) is 4.79 Å². The molecule has 1 aromatic carbocycles. The molecule has 2 rings (SSSR count). The number of carbonyl (C=O) groups excluding carboxylic acids is 1. The second kappa shape index (κ2) is 5.35. The summed E-state index contributed by atoms with van der Waals surface area (Å²) in [6.07, 6.45) is 0.891. The zero-order valence-corrected chi connectivity index (χ0v) is 12.3. The fraction of sp³-hybridized carbons (Fsp3) is 0.462. The van der Waals surface area contributed by atoms with Crippen molar-refractivity contribution in [1.29, 1.82) is 0 Å². The number of amides is 1. The average Bonchev–Trinajstić information content (AvgIpc) is 2.61. The molecule has 3 nitrogen and oxygen atoms in total. The molecule has 1 atom stereocenters. The van der Waals surface area contributed by atoms with Crippen LogP contribution in [-0.2, 0) is 4.79 Å². The third-order valence-electron chi connectivity index (χ3n) is 2.88. The number of hydrogen-bond donors (Lipinski definition) is 1. The van der Waals surface area contributed by atoms with Crippen LogP contribution >= 0.6 is 22.6 Å².